The van der Waals surface area contributed by atoms with Gasteiger partial charge in [-0.25, -0.2) is 0 Å². The zero-order valence-corrected chi connectivity index (χ0v) is 11.2. The van der Waals surface area contributed by atoms with Crippen LogP contribution in [0.4, 0.5) is 0 Å². The van der Waals surface area contributed by atoms with Gasteiger partial charge >= 0.3 is 0 Å². The van der Waals surface area contributed by atoms with Crippen molar-refractivity contribution in [2.45, 2.75) is 45.6 Å². The summed E-state index contributed by atoms with van der Waals surface area (Å²) in [5.41, 5.74) is 0. The molecule has 2 amide bonds. The van der Waals surface area contributed by atoms with E-state index >= 15 is 0 Å². The fourth-order valence-electron chi connectivity index (χ4n) is 1.93. The van der Waals surface area contributed by atoms with Crippen molar-refractivity contribution < 1.29 is 14.7 Å². The average molecular weight is 256 g/mol. The van der Waals surface area contributed by atoms with Gasteiger partial charge in [0.25, 0.3) is 0 Å². The van der Waals surface area contributed by atoms with Gasteiger partial charge < -0.3 is 15.7 Å². The van der Waals surface area contributed by atoms with Crippen molar-refractivity contribution in [1.29, 1.82) is 0 Å². The maximum Gasteiger partial charge on any atom is 0.223 e. The molecule has 0 saturated heterocycles. The van der Waals surface area contributed by atoms with Crippen molar-refractivity contribution >= 4 is 11.8 Å². The minimum atomic E-state index is -0.0513. The van der Waals surface area contributed by atoms with Gasteiger partial charge in [-0.15, -0.1) is 0 Å². The normalized spacial score (nSPS) is 23.3. The Morgan fingerprint density at radius 2 is 2.11 bits per heavy atom. The van der Waals surface area contributed by atoms with Crippen LogP contribution >= 0.6 is 0 Å². The highest BCUT2D eigenvalue weighted by Crippen LogP contribution is 2.37. The molecule has 0 aromatic heterocycles. The van der Waals surface area contributed by atoms with Gasteiger partial charge in [-0.05, 0) is 32.1 Å². The first kappa shape index (κ1) is 15.0. The maximum absolute atomic E-state index is 11.5. The Morgan fingerprint density at radius 3 is 2.67 bits per heavy atom. The van der Waals surface area contributed by atoms with Crippen LogP contribution in [-0.2, 0) is 9.59 Å². The molecule has 5 nitrogen and oxygen atoms in total. The van der Waals surface area contributed by atoms with E-state index in [1.54, 1.807) is 0 Å². The quantitative estimate of drug-likeness (QED) is 0.589. The van der Waals surface area contributed by atoms with Gasteiger partial charge in [-0.1, -0.05) is 6.92 Å². The third-order valence-corrected chi connectivity index (χ3v) is 3.30. The van der Waals surface area contributed by atoms with Crippen LogP contribution in [0.2, 0.25) is 0 Å². The van der Waals surface area contributed by atoms with Crippen LogP contribution in [0.25, 0.3) is 0 Å². The second-order valence-electron chi connectivity index (χ2n) is 5.19. The minimum Gasteiger partial charge on any atom is -0.396 e. The minimum absolute atomic E-state index is 0.0513. The van der Waals surface area contributed by atoms with Gasteiger partial charge in [-0.2, -0.15) is 0 Å². The molecule has 0 spiro atoms. The number of aliphatic hydroxyl groups is 1. The Bertz CT molecular complexity index is 294. The van der Waals surface area contributed by atoms with Crippen molar-refractivity contribution in [1.82, 2.24) is 10.6 Å². The predicted octanol–water partition coefficient (Wildman–Crippen LogP) is 0.426. The lowest BCUT2D eigenvalue weighted by Gasteiger charge is -2.13. The van der Waals surface area contributed by atoms with Crippen LogP contribution < -0.4 is 10.6 Å². The lowest BCUT2D eigenvalue weighted by Crippen LogP contribution is -2.36. The summed E-state index contributed by atoms with van der Waals surface area (Å²) in [5.74, 6) is 0.682. The molecule has 1 saturated carbocycles. The third kappa shape index (κ3) is 5.49. The van der Waals surface area contributed by atoms with Crippen molar-refractivity contribution in [2.24, 2.45) is 11.8 Å². The Kier molecular flexibility index (Phi) is 6.12. The number of hydrogen-bond acceptors (Lipinski definition) is 3. The van der Waals surface area contributed by atoms with Crippen LogP contribution in [0, 0.1) is 11.8 Å². The van der Waals surface area contributed by atoms with E-state index in [0.29, 0.717) is 25.3 Å². The lowest BCUT2D eigenvalue weighted by molar-refractivity contribution is -0.123. The van der Waals surface area contributed by atoms with Crippen LogP contribution in [0.3, 0.4) is 0 Å². The van der Waals surface area contributed by atoms with E-state index in [4.69, 9.17) is 5.11 Å². The predicted molar refractivity (Wildman–Crippen MR) is 68.8 cm³/mol. The molecule has 18 heavy (non-hydrogen) atoms. The Labute approximate surface area is 108 Å². The van der Waals surface area contributed by atoms with Crippen LogP contribution in [-0.4, -0.2) is 36.1 Å². The highest BCUT2D eigenvalue weighted by Gasteiger charge is 2.38. The molecule has 0 aromatic rings. The van der Waals surface area contributed by atoms with E-state index in [2.05, 4.69) is 17.6 Å². The molecular formula is C13H24N2O3. The van der Waals surface area contributed by atoms with Crippen LogP contribution in [0.5, 0.6) is 0 Å². The first-order valence-corrected chi connectivity index (χ1v) is 6.72. The van der Waals surface area contributed by atoms with E-state index in [9.17, 15) is 9.59 Å². The summed E-state index contributed by atoms with van der Waals surface area (Å²) in [4.78, 5) is 23.0. The Hall–Kier alpha value is -1.10. The second-order valence-corrected chi connectivity index (χ2v) is 5.19. The van der Waals surface area contributed by atoms with Gasteiger partial charge in [-0.3, -0.25) is 9.59 Å². The SMILES string of the molecule is CC(CCCO)NC(=O)CCNC(=O)C1CC1C. The van der Waals surface area contributed by atoms with Crippen molar-refractivity contribution in [3.63, 3.8) is 0 Å². The zero-order chi connectivity index (χ0) is 13.5. The number of carbonyl (C=O) groups excluding carboxylic acids is 2. The number of hydrogen-bond donors (Lipinski definition) is 3. The molecule has 3 N–H and O–H groups in total. The number of amides is 2. The summed E-state index contributed by atoms with van der Waals surface area (Å²) in [5, 5.41) is 14.3. The van der Waals surface area contributed by atoms with Gasteiger partial charge in [0.1, 0.15) is 0 Å². The van der Waals surface area contributed by atoms with E-state index in [0.717, 1.165) is 12.8 Å². The first-order valence-electron chi connectivity index (χ1n) is 6.72. The van der Waals surface area contributed by atoms with E-state index < -0.39 is 0 Å². The lowest BCUT2D eigenvalue weighted by atomic mass is 10.2. The van der Waals surface area contributed by atoms with Crippen LogP contribution in [0.15, 0.2) is 0 Å². The molecule has 0 heterocycles. The molecule has 3 unspecified atom stereocenters. The number of rotatable bonds is 8. The largest absolute Gasteiger partial charge is 0.396 e. The molecule has 3 atom stereocenters. The number of carbonyl (C=O) groups is 2. The smallest absolute Gasteiger partial charge is 0.223 e. The molecular weight excluding hydrogens is 232 g/mol. The summed E-state index contributed by atoms with van der Waals surface area (Å²) in [7, 11) is 0. The zero-order valence-electron chi connectivity index (χ0n) is 11.2. The second kappa shape index (κ2) is 7.36. The molecule has 0 aliphatic heterocycles. The Morgan fingerprint density at radius 1 is 1.44 bits per heavy atom. The fourth-order valence-corrected chi connectivity index (χ4v) is 1.93. The van der Waals surface area contributed by atoms with Gasteiger partial charge in [0.05, 0.1) is 0 Å². The summed E-state index contributed by atoms with van der Waals surface area (Å²) < 4.78 is 0. The molecule has 0 radical (unpaired) electrons. The molecule has 1 fully saturated rings. The average Bonchev–Trinajstić information content (AvgIpc) is 3.03. The molecule has 0 aromatic carbocycles. The summed E-state index contributed by atoms with van der Waals surface area (Å²) in [6.07, 6.45) is 2.75. The van der Waals surface area contributed by atoms with Gasteiger partial charge in [0.15, 0.2) is 0 Å². The van der Waals surface area contributed by atoms with E-state index in [1.807, 2.05) is 6.92 Å². The Balaban J connectivity index is 2.04. The summed E-state index contributed by atoms with van der Waals surface area (Å²) in [6, 6.07) is 0.0730. The van der Waals surface area contributed by atoms with Crippen molar-refractivity contribution in [3.05, 3.63) is 0 Å². The topological polar surface area (TPSA) is 78.4 Å². The molecule has 104 valence electrons. The van der Waals surface area contributed by atoms with Gasteiger partial charge in [0.2, 0.25) is 11.8 Å². The third-order valence-electron chi connectivity index (χ3n) is 3.30. The standard InChI is InChI=1S/C13H24N2O3/c1-9-8-11(9)13(18)14-6-5-12(17)15-10(2)4-3-7-16/h9-11,16H,3-8H2,1-2H3,(H,14,18)(H,15,17). The molecule has 5 heteroatoms. The highest BCUT2D eigenvalue weighted by molar-refractivity contribution is 5.82. The monoisotopic (exact) mass is 256 g/mol. The number of nitrogens with one attached hydrogen (secondary N) is 2. The van der Waals surface area contributed by atoms with Crippen LogP contribution in [0.1, 0.15) is 39.5 Å². The van der Waals surface area contributed by atoms with Crippen molar-refractivity contribution in [2.75, 3.05) is 13.2 Å². The summed E-state index contributed by atoms with van der Waals surface area (Å²) >= 11 is 0. The molecule has 1 aliphatic carbocycles. The molecule has 1 rings (SSSR count). The number of aliphatic hydroxyl groups excluding tert-OH is 1. The van der Waals surface area contributed by atoms with Gasteiger partial charge in [0, 0.05) is 31.5 Å². The van der Waals surface area contributed by atoms with E-state index in [-0.39, 0.29) is 30.4 Å². The highest BCUT2D eigenvalue weighted by atomic mass is 16.3. The molecule has 0 bridgehead atoms. The first-order chi connectivity index (χ1) is 8.54. The van der Waals surface area contributed by atoms with E-state index in [1.165, 1.54) is 0 Å². The maximum atomic E-state index is 11.5. The summed E-state index contributed by atoms with van der Waals surface area (Å²) in [6.45, 7) is 4.52. The van der Waals surface area contributed by atoms with Crippen molar-refractivity contribution in [3.8, 4) is 0 Å². The molecule has 1 aliphatic rings. The fraction of sp³-hybridized carbons (Fsp3) is 0.846.